The van der Waals surface area contributed by atoms with E-state index >= 15 is 0 Å². The van der Waals surface area contributed by atoms with Gasteiger partial charge in [-0.3, -0.25) is 4.72 Å². The first kappa shape index (κ1) is 20.2. The molecule has 0 aliphatic heterocycles. The number of rotatable bonds is 6. The van der Waals surface area contributed by atoms with Gasteiger partial charge in [-0.15, -0.1) is 0 Å². The molecule has 0 saturated carbocycles. The van der Waals surface area contributed by atoms with Crippen molar-refractivity contribution >= 4 is 27.6 Å². The summed E-state index contributed by atoms with van der Waals surface area (Å²) >= 11 is 0. The van der Waals surface area contributed by atoms with Gasteiger partial charge in [0.25, 0.3) is 10.0 Å². The van der Waals surface area contributed by atoms with Crippen molar-refractivity contribution in [1.29, 1.82) is 0 Å². The second kappa shape index (κ2) is 7.44. The SMILES string of the molecule is Cc1cc(NS(=O)(=O)c2cc(C(=O)O)ccc2C)ccc1-n1cccc1C(=O)O. The summed E-state index contributed by atoms with van der Waals surface area (Å²) in [6.45, 7) is 3.31. The van der Waals surface area contributed by atoms with Gasteiger partial charge < -0.3 is 14.8 Å². The fraction of sp³-hybridized carbons (Fsp3) is 0.100. The molecule has 3 rings (SSSR count). The smallest absolute Gasteiger partial charge is 0.352 e. The van der Waals surface area contributed by atoms with Crippen LogP contribution in [0.5, 0.6) is 0 Å². The van der Waals surface area contributed by atoms with Crippen LogP contribution in [0.2, 0.25) is 0 Å². The molecular weight excluding hydrogens is 396 g/mol. The summed E-state index contributed by atoms with van der Waals surface area (Å²) in [5.41, 5.74) is 1.89. The van der Waals surface area contributed by atoms with Gasteiger partial charge in [0.2, 0.25) is 0 Å². The molecular formula is C20H18N2O6S. The predicted molar refractivity (Wildman–Crippen MR) is 106 cm³/mol. The molecule has 0 aliphatic carbocycles. The van der Waals surface area contributed by atoms with E-state index in [4.69, 9.17) is 5.11 Å². The Kier molecular flexibility index (Phi) is 5.17. The molecule has 1 aromatic heterocycles. The molecule has 1 heterocycles. The zero-order valence-electron chi connectivity index (χ0n) is 15.6. The van der Waals surface area contributed by atoms with E-state index in [0.717, 1.165) is 6.07 Å². The Morgan fingerprint density at radius 3 is 2.28 bits per heavy atom. The van der Waals surface area contributed by atoms with Crippen LogP contribution in [0.15, 0.2) is 59.6 Å². The number of hydrogen-bond acceptors (Lipinski definition) is 4. The quantitative estimate of drug-likeness (QED) is 0.568. The van der Waals surface area contributed by atoms with Gasteiger partial charge in [0.05, 0.1) is 10.5 Å². The summed E-state index contributed by atoms with van der Waals surface area (Å²) in [5, 5.41) is 18.4. The molecule has 150 valence electrons. The Bertz CT molecular complexity index is 1230. The molecule has 0 radical (unpaired) electrons. The molecule has 0 aliphatic rings. The normalized spacial score (nSPS) is 11.2. The highest BCUT2D eigenvalue weighted by atomic mass is 32.2. The molecule has 8 nitrogen and oxygen atoms in total. The molecule has 29 heavy (non-hydrogen) atoms. The highest BCUT2D eigenvalue weighted by Gasteiger charge is 2.20. The highest BCUT2D eigenvalue weighted by molar-refractivity contribution is 7.92. The summed E-state index contributed by atoms with van der Waals surface area (Å²) in [6, 6.07) is 11.7. The molecule has 0 fully saturated rings. The van der Waals surface area contributed by atoms with E-state index in [1.165, 1.54) is 28.8 Å². The number of carbonyl (C=O) groups is 2. The van der Waals surface area contributed by atoms with Gasteiger partial charge in [0.15, 0.2) is 0 Å². The first-order chi connectivity index (χ1) is 13.6. The number of aryl methyl sites for hydroxylation is 2. The van der Waals surface area contributed by atoms with E-state index < -0.39 is 22.0 Å². The van der Waals surface area contributed by atoms with Gasteiger partial charge >= 0.3 is 11.9 Å². The minimum atomic E-state index is -4.02. The molecule has 0 saturated heterocycles. The summed E-state index contributed by atoms with van der Waals surface area (Å²) in [7, 11) is -4.02. The fourth-order valence-electron chi connectivity index (χ4n) is 2.99. The molecule has 0 atom stereocenters. The lowest BCUT2D eigenvalue weighted by Gasteiger charge is -2.14. The Morgan fingerprint density at radius 2 is 1.66 bits per heavy atom. The van der Waals surface area contributed by atoms with Crippen molar-refractivity contribution in [1.82, 2.24) is 4.57 Å². The Hall–Kier alpha value is -3.59. The molecule has 3 aromatic rings. The van der Waals surface area contributed by atoms with E-state index in [0.29, 0.717) is 16.8 Å². The lowest BCUT2D eigenvalue weighted by Crippen LogP contribution is -2.15. The number of nitrogens with one attached hydrogen (secondary N) is 1. The van der Waals surface area contributed by atoms with E-state index in [-0.39, 0.29) is 21.8 Å². The number of benzene rings is 2. The molecule has 9 heteroatoms. The highest BCUT2D eigenvalue weighted by Crippen LogP contribution is 2.25. The number of hydrogen-bond donors (Lipinski definition) is 3. The molecule has 0 amide bonds. The number of anilines is 1. The van der Waals surface area contributed by atoms with Crippen LogP contribution in [-0.2, 0) is 10.0 Å². The zero-order chi connectivity index (χ0) is 21.3. The lowest BCUT2D eigenvalue weighted by molar-refractivity contribution is 0.0681. The first-order valence-electron chi connectivity index (χ1n) is 8.48. The van der Waals surface area contributed by atoms with Crippen molar-refractivity contribution in [3.8, 4) is 5.69 Å². The fourth-order valence-corrected chi connectivity index (χ4v) is 4.31. The molecule has 0 bridgehead atoms. The number of sulfonamides is 1. The predicted octanol–water partition coefficient (Wildman–Crippen LogP) is 3.29. The molecule has 2 aromatic carbocycles. The maximum atomic E-state index is 12.8. The standard InChI is InChI=1S/C20H18N2O6S/c1-12-5-6-14(19(23)24)11-18(12)29(27,28)21-15-7-8-16(13(2)10-15)22-9-3-4-17(22)20(25)26/h3-11,21H,1-2H3,(H,23,24)(H,25,26). The molecule has 0 spiro atoms. The third-order valence-corrected chi connectivity index (χ3v) is 5.92. The minimum Gasteiger partial charge on any atom is -0.478 e. The second-order valence-electron chi connectivity index (χ2n) is 6.46. The van der Waals surface area contributed by atoms with Gasteiger partial charge in [0.1, 0.15) is 5.69 Å². The zero-order valence-corrected chi connectivity index (χ0v) is 16.4. The average Bonchev–Trinajstić information content (AvgIpc) is 3.11. The van der Waals surface area contributed by atoms with Crippen LogP contribution >= 0.6 is 0 Å². The van der Waals surface area contributed by atoms with Crippen molar-refractivity contribution in [2.45, 2.75) is 18.7 Å². The summed E-state index contributed by atoms with van der Waals surface area (Å²) in [4.78, 5) is 22.4. The third kappa shape index (κ3) is 3.99. The maximum absolute atomic E-state index is 12.8. The summed E-state index contributed by atoms with van der Waals surface area (Å²) in [5.74, 6) is -2.30. The Balaban J connectivity index is 1.96. The number of aromatic carboxylic acids is 2. The van der Waals surface area contributed by atoms with Crippen LogP contribution in [0.1, 0.15) is 32.0 Å². The monoisotopic (exact) mass is 414 g/mol. The third-order valence-electron chi connectivity index (χ3n) is 4.40. The van der Waals surface area contributed by atoms with Crippen molar-refractivity contribution in [2.24, 2.45) is 0 Å². The van der Waals surface area contributed by atoms with Gasteiger partial charge in [-0.25, -0.2) is 18.0 Å². The van der Waals surface area contributed by atoms with Crippen molar-refractivity contribution < 1.29 is 28.2 Å². The van der Waals surface area contributed by atoms with Gasteiger partial charge in [0, 0.05) is 17.6 Å². The largest absolute Gasteiger partial charge is 0.478 e. The topological polar surface area (TPSA) is 126 Å². The van der Waals surface area contributed by atoms with Crippen molar-refractivity contribution in [3.63, 3.8) is 0 Å². The Morgan fingerprint density at radius 1 is 0.931 bits per heavy atom. The van der Waals surface area contributed by atoms with Crippen LogP contribution in [0, 0.1) is 13.8 Å². The second-order valence-corrected chi connectivity index (χ2v) is 8.11. The number of carboxylic acid groups (broad SMARTS) is 2. The van der Waals surface area contributed by atoms with Crippen molar-refractivity contribution in [3.05, 3.63) is 77.1 Å². The van der Waals surface area contributed by atoms with Gasteiger partial charge in [-0.05, 0) is 67.4 Å². The van der Waals surface area contributed by atoms with Crippen LogP contribution in [0.25, 0.3) is 5.69 Å². The maximum Gasteiger partial charge on any atom is 0.352 e. The van der Waals surface area contributed by atoms with E-state index in [2.05, 4.69) is 4.72 Å². The summed E-state index contributed by atoms with van der Waals surface area (Å²) in [6.07, 6.45) is 1.61. The van der Waals surface area contributed by atoms with Crippen LogP contribution in [-0.4, -0.2) is 35.1 Å². The number of nitrogens with zero attached hydrogens (tertiary/aromatic N) is 1. The van der Waals surface area contributed by atoms with Crippen LogP contribution in [0.4, 0.5) is 5.69 Å². The van der Waals surface area contributed by atoms with E-state index in [1.807, 2.05) is 0 Å². The minimum absolute atomic E-state index is 0.0857. The van der Waals surface area contributed by atoms with Gasteiger partial charge in [-0.1, -0.05) is 6.07 Å². The number of carboxylic acids is 2. The van der Waals surface area contributed by atoms with Crippen LogP contribution < -0.4 is 4.72 Å². The van der Waals surface area contributed by atoms with Gasteiger partial charge in [-0.2, -0.15) is 0 Å². The first-order valence-corrected chi connectivity index (χ1v) is 9.97. The summed E-state index contributed by atoms with van der Waals surface area (Å²) < 4.78 is 29.5. The number of aromatic nitrogens is 1. The van der Waals surface area contributed by atoms with Crippen molar-refractivity contribution in [2.75, 3.05) is 4.72 Å². The average molecular weight is 414 g/mol. The van der Waals surface area contributed by atoms with E-state index in [1.54, 1.807) is 38.2 Å². The molecule has 3 N–H and O–H groups in total. The Labute approximate surface area is 167 Å². The van der Waals surface area contributed by atoms with E-state index in [9.17, 15) is 23.1 Å². The lowest BCUT2D eigenvalue weighted by atomic mass is 10.1. The van der Waals surface area contributed by atoms with Crippen LogP contribution in [0.3, 0.4) is 0 Å². The molecule has 0 unspecified atom stereocenters.